The number of benzene rings is 1. The molecule has 0 N–H and O–H groups in total. The maximum absolute atomic E-state index is 13.6. The Bertz CT molecular complexity index is 1080. The molecule has 1 aromatic carbocycles. The largest absolute Gasteiger partial charge is 0.343 e. The number of thiophene rings is 1. The summed E-state index contributed by atoms with van der Waals surface area (Å²) in [6.45, 7) is 9.46. The van der Waals surface area contributed by atoms with Crippen LogP contribution in [0.2, 0.25) is 0 Å². The lowest BCUT2D eigenvalue weighted by Crippen LogP contribution is -2.44. The SMILES string of the molecule is CC1(C)CC(=O)C2=C(C1)N(Cc1ccccc1)C1=C(C(=O)CC(C)(C)C1)C2c1cccs1. The van der Waals surface area contributed by atoms with Gasteiger partial charge < -0.3 is 4.90 Å². The summed E-state index contributed by atoms with van der Waals surface area (Å²) in [7, 11) is 0. The summed E-state index contributed by atoms with van der Waals surface area (Å²) in [4.78, 5) is 30.8. The molecule has 0 amide bonds. The summed E-state index contributed by atoms with van der Waals surface area (Å²) in [6.07, 6.45) is 2.78. The molecule has 166 valence electrons. The molecular formula is C28H31NO2S. The van der Waals surface area contributed by atoms with Gasteiger partial charge in [-0.3, -0.25) is 9.59 Å². The number of hydrogen-bond donors (Lipinski definition) is 0. The smallest absolute Gasteiger partial charge is 0.162 e. The minimum atomic E-state index is -0.209. The molecule has 5 rings (SSSR count). The standard InChI is InChI=1S/C28H31NO2S/c1-27(2)13-19-24(21(30)15-27)26(23-11-8-12-32-23)25-20(14-28(3,4)16-22(25)31)29(19)17-18-9-6-5-7-10-18/h5-12,26H,13-17H2,1-4H3. The normalized spacial score (nSPS) is 22.8. The van der Waals surface area contributed by atoms with Gasteiger partial charge in [0.1, 0.15) is 0 Å². The quantitative estimate of drug-likeness (QED) is 0.532. The molecule has 4 heteroatoms. The van der Waals surface area contributed by atoms with Crippen molar-refractivity contribution in [3.05, 3.63) is 80.8 Å². The fourth-order valence-electron chi connectivity index (χ4n) is 5.74. The van der Waals surface area contributed by atoms with Crippen LogP contribution in [0.15, 0.2) is 70.4 Å². The molecule has 3 aliphatic rings. The summed E-state index contributed by atoms with van der Waals surface area (Å²) in [6, 6.07) is 14.6. The van der Waals surface area contributed by atoms with E-state index < -0.39 is 0 Å². The number of rotatable bonds is 3. The van der Waals surface area contributed by atoms with Crippen LogP contribution in [0.3, 0.4) is 0 Å². The Morgan fingerprint density at radius 3 is 1.88 bits per heavy atom. The number of hydrogen-bond acceptors (Lipinski definition) is 4. The van der Waals surface area contributed by atoms with E-state index in [2.05, 4.69) is 68.3 Å². The van der Waals surface area contributed by atoms with Crippen LogP contribution < -0.4 is 0 Å². The second-order valence-electron chi connectivity index (χ2n) is 11.1. The predicted octanol–water partition coefficient (Wildman–Crippen LogP) is 6.63. The minimum Gasteiger partial charge on any atom is -0.343 e. The van der Waals surface area contributed by atoms with Gasteiger partial charge in [-0.1, -0.05) is 64.1 Å². The molecule has 0 unspecified atom stereocenters. The van der Waals surface area contributed by atoms with E-state index in [0.29, 0.717) is 19.4 Å². The molecule has 1 aromatic heterocycles. The van der Waals surface area contributed by atoms with Crippen molar-refractivity contribution in [1.29, 1.82) is 0 Å². The Hall–Kier alpha value is -2.46. The van der Waals surface area contributed by atoms with Crippen molar-refractivity contribution in [2.75, 3.05) is 0 Å². The van der Waals surface area contributed by atoms with Gasteiger partial charge in [0.25, 0.3) is 0 Å². The fourth-order valence-corrected chi connectivity index (χ4v) is 6.59. The Kier molecular flexibility index (Phi) is 5.05. The van der Waals surface area contributed by atoms with Gasteiger partial charge in [0.05, 0.1) is 5.92 Å². The lowest BCUT2D eigenvalue weighted by atomic mass is 9.64. The maximum Gasteiger partial charge on any atom is 0.162 e. The van der Waals surface area contributed by atoms with E-state index in [9.17, 15) is 9.59 Å². The molecule has 1 aliphatic heterocycles. The molecule has 0 spiro atoms. The van der Waals surface area contributed by atoms with Crippen LogP contribution in [0.4, 0.5) is 0 Å². The molecule has 2 aliphatic carbocycles. The lowest BCUT2D eigenvalue weighted by Gasteiger charge is -2.49. The monoisotopic (exact) mass is 445 g/mol. The first-order valence-electron chi connectivity index (χ1n) is 11.5. The Morgan fingerprint density at radius 1 is 0.812 bits per heavy atom. The van der Waals surface area contributed by atoms with Crippen molar-refractivity contribution >= 4 is 22.9 Å². The highest BCUT2D eigenvalue weighted by Crippen LogP contribution is 2.55. The van der Waals surface area contributed by atoms with E-state index in [-0.39, 0.29) is 28.3 Å². The zero-order valence-electron chi connectivity index (χ0n) is 19.4. The molecule has 32 heavy (non-hydrogen) atoms. The molecule has 2 aromatic rings. The third kappa shape index (κ3) is 3.69. The molecule has 0 bridgehead atoms. The number of carbonyl (C=O) groups is 2. The molecule has 0 atom stereocenters. The topological polar surface area (TPSA) is 37.4 Å². The minimum absolute atomic E-state index is 0.0862. The van der Waals surface area contributed by atoms with Crippen molar-refractivity contribution in [3.63, 3.8) is 0 Å². The Labute approximate surface area is 194 Å². The fraction of sp³-hybridized carbons (Fsp3) is 0.429. The number of Topliss-reactive ketones (excluding diaryl/α,β-unsaturated/α-hetero) is 2. The van der Waals surface area contributed by atoms with E-state index in [1.54, 1.807) is 11.3 Å². The zero-order valence-corrected chi connectivity index (χ0v) is 20.2. The summed E-state index contributed by atoms with van der Waals surface area (Å²) in [5.41, 5.74) is 5.04. The third-order valence-electron chi connectivity index (χ3n) is 7.03. The molecule has 2 heterocycles. The van der Waals surface area contributed by atoms with Crippen LogP contribution in [-0.2, 0) is 16.1 Å². The van der Waals surface area contributed by atoms with Crippen LogP contribution >= 0.6 is 11.3 Å². The molecule has 0 radical (unpaired) electrons. The van der Waals surface area contributed by atoms with Crippen LogP contribution in [0.1, 0.15) is 69.7 Å². The van der Waals surface area contributed by atoms with E-state index in [0.717, 1.165) is 40.3 Å². The van der Waals surface area contributed by atoms with E-state index in [1.807, 2.05) is 12.1 Å². The predicted molar refractivity (Wildman–Crippen MR) is 129 cm³/mol. The number of nitrogens with zero attached hydrogens (tertiary/aromatic N) is 1. The molecule has 0 saturated carbocycles. The summed E-state index contributed by atoms with van der Waals surface area (Å²) < 4.78 is 0. The van der Waals surface area contributed by atoms with E-state index >= 15 is 0 Å². The van der Waals surface area contributed by atoms with Crippen molar-refractivity contribution in [2.45, 2.75) is 65.8 Å². The van der Waals surface area contributed by atoms with Crippen LogP contribution in [0.5, 0.6) is 0 Å². The van der Waals surface area contributed by atoms with Gasteiger partial charge in [0.2, 0.25) is 0 Å². The molecular weight excluding hydrogens is 414 g/mol. The van der Waals surface area contributed by atoms with Gasteiger partial charge in [0, 0.05) is 46.8 Å². The first-order chi connectivity index (χ1) is 15.2. The summed E-state index contributed by atoms with van der Waals surface area (Å²) in [5.74, 6) is 0.202. The second kappa shape index (κ2) is 7.55. The number of allylic oxidation sites excluding steroid dienone is 4. The highest BCUT2D eigenvalue weighted by molar-refractivity contribution is 7.10. The second-order valence-corrected chi connectivity index (χ2v) is 12.1. The van der Waals surface area contributed by atoms with Crippen LogP contribution in [-0.4, -0.2) is 16.5 Å². The van der Waals surface area contributed by atoms with Gasteiger partial charge >= 0.3 is 0 Å². The van der Waals surface area contributed by atoms with Gasteiger partial charge in [-0.25, -0.2) is 0 Å². The average molecular weight is 446 g/mol. The van der Waals surface area contributed by atoms with Crippen LogP contribution in [0, 0.1) is 10.8 Å². The first-order valence-corrected chi connectivity index (χ1v) is 12.4. The molecule has 0 saturated heterocycles. The Balaban J connectivity index is 1.75. The summed E-state index contributed by atoms with van der Waals surface area (Å²) in [5, 5.41) is 2.06. The summed E-state index contributed by atoms with van der Waals surface area (Å²) >= 11 is 1.66. The van der Waals surface area contributed by atoms with E-state index in [1.165, 1.54) is 5.56 Å². The average Bonchev–Trinajstić information content (AvgIpc) is 3.22. The number of carbonyl (C=O) groups excluding carboxylic acids is 2. The maximum atomic E-state index is 13.6. The highest BCUT2D eigenvalue weighted by atomic mass is 32.1. The lowest BCUT2D eigenvalue weighted by molar-refractivity contribution is -0.119. The van der Waals surface area contributed by atoms with Gasteiger partial charge in [-0.2, -0.15) is 0 Å². The van der Waals surface area contributed by atoms with Crippen molar-refractivity contribution in [1.82, 2.24) is 4.90 Å². The highest BCUT2D eigenvalue weighted by Gasteiger charge is 2.49. The van der Waals surface area contributed by atoms with Gasteiger partial charge in [-0.05, 0) is 40.7 Å². The van der Waals surface area contributed by atoms with Crippen molar-refractivity contribution in [3.8, 4) is 0 Å². The first kappa shape index (κ1) is 21.4. The van der Waals surface area contributed by atoms with Gasteiger partial charge in [-0.15, -0.1) is 11.3 Å². The van der Waals surface area contributed by atoms with Crippen molar-refractivity contribution in [2.24, 2.45) is 10.8 Å². The zero-order chi connectivity index (χ0) is 22.7. The molecule has 3 nitrogen and oxygen atoms in total. The Morgan fingerprint density at radius 2 is 1.38 bits per heavy atom. The van der Waals surface area contributed by atoms with E-state index in [4.69, 9.17) is 0 Å². The third-order valence-corrected chi connectivity index (χ3v) is 7.97. The van der Waals surface area contributed by atoms with Crippen molar-refractivity contribution < 1.29 is 9.59 Å². The van der Waals surface area contributed by atoms with Crippen LogP contribution in [0.25, 0.3) is 0 Å². The van der Waals surface area contributed by atoms with Gasteiger partial charge in [0.15, 0.2) is 11.6 Å². The molecule has 0 fully saturated rings. The number of ketones is 2.